The molecule has 10 heteroatoms. The van der Waals surface area contributed by atoms with Gasteiger partial charge in [0.1, 0.15) is 23.9 Å². The molecule has 8 nitrogen and oxygen atoms in total. The van der Waals surface area contributed by atoms with Gasteiger partial charge in [-0.1, -0.05) is 40.2 Å². The van der Waals surface area contributed by atoms with Crippen LogP contribution in [0, 0.1) is 5.82 Å². The molecule has 1 unspecified atom stereocenters. The molecule has 1 amide bonds. The van der Waals surface area contributed by atoms with Crippen LogP contribution in [0.3, 0.4) is 0 Å². The minimum Gasteiger partial charge on any atom is -0.492 e. The van der Waals surface area contributed by atoms with Gasteiger partial charge < -0.3 is 29.0 Å². The van der Waals surface area contributed by atoms with Crippen molar-refractivity contribution in [3.63, 3.8) is 0 Å². The van der Waals surface area contributed by atoms with Gasteiger partial charge in [-0.25, -0.2) is 14.0 Å². The molecular weight excluding hydrogens is 585 g/mol. The van der Waals surface area contributed by atoms with Crippen molar-refractivity contribution in [1.29, 1.82) is 0 Å². The van der Waals surface area contributed by atoms with Crippen LogP contribution in [0.25, 0.3) is 0 Å². The molecule has 0 saturated heterocycles. The summed E-state index contributed by atoms with van der Waals surface area (Å²) < 4.78 is 36.3. The molecule has 0 aliphatic rings. The molecule has 1 N–H and O–H groups in total. The Morgan fingerprint density at radius 2 is 1.55 bits per heavy atom. The van der Waals surface area contributed by atoms with Crippen LogP contribution < -0.4 is 9.47 Å². The fraction of sp³-hybridized carbons (Fsp3) is 0.333. The van der Waals surface area contributed by atoms with Crippen LogP contribution in [0.1, 0.15) is 24.5 Å². The van der Waals surface area contributed by atoms with Crippen molar-refractivity contribution in [1.82, 2.24) is 4.90 Å². The Balaban J connectivity index is 1.51. The molecule has 0 aromatic heterocycles. The molecule has 0 aliphatic heterocycles. The van der Waals surface area contributed by atoms with Crippen LogP contribution in [-0.4, -0.2) is 61.1 Å². The summed E-state index contributed by atoms with van der Waals surface area (Å²) in [4.78, 5) is 25.8. The zero-order valence-electron chi connectivity index (χ0n) is 22.3. The Labute approximate surface area is 241 Å². The number of amides is 1. The quantitative estimate of drug-likeness (QED) is 0.194. The molecule has 0 fully saturated rings. The van der Waals surface area contributed by atoms with Crippen molar-refractivity contribution in [3.05, 3.63) is 94.2 Å². The highest BCUT2D eigenvalue weighted by Crippen LogP contribution is 2.18. The van der Waals surface area contributed by atoms with Crippen molar-refractivity contribution in [2.24, 2.45) is 0 Å². The van der Waals surface area contributed by atoms with Gasteiger partial charge in [-0.05, 0) is 73.0 Å². The van der Waals surface area contributed by atoms with Gasteiger partial charge in [-0.15, -0.1) is 0 Å². The number of halogens is 2. The van der Waals surface area contributed by atoms with Crippen molar-refractivity contribution >= 4 is 28.0 Å². The van der Waals surface area contributed by atoms with E-state index in [9.17, 15) is 19.1 Å². The third-order valence-corrected chi connectivity index (χ3v) is 6.32. The second kappa shape index (κ2) is 16.6. The molecule has 40 heavy (non-hydrogen) atoms. The summed E-state index contributed by atoms with van der Waals surface area (Å²) in [5, 5.41) is 9.28. The topological polar surface area (TPSA) is 94.5 Å². The van der Waals surface area contributed by atoms with Gasteiger partial charge in [-0.3, -0.25) is 0 Å². The van der Waals surface area contributed by atoms with Crippen molar-refractivity contribution in [3.8, 4) is 11.5 Å². The van der Waals surface area contributed by atoms with Gasteiger partial charge in [0.2, 0.25) is 0 Å². The van der Waals surface area contributed by atoms with E-state index in [0.29, 0.717) is 44.3 Å². The normalized spacial score (nSPS) is 11.6. The molecule has 0 saturated carbocycles. The standard InChI is InChI=1S/C30H33BrFNO7/c1-2-38-28(29(34)35)20-22-6-12-26(13-7-22)39-19-17-33(30(36)40-27-14-8-24(31)9-15-27)16-3-18-37-21-23-4-10-25(32)11-5-23/h4-15,28H,2-3,16-21H2,1H3,(H,34,35). The number of carbonyl (C=O) groups is 2. The maximum Gasteiger partial charge on any atom is 0.415 e. The minimum atomic E-state index is -1.00. The Morgan fingerprint density at radius 1 is 0.900 bits per heavy atom. The van der Waals surface area contributed by atoms with E-state index in [0.717, 1.165) is 15.6 Å². The molecule has 0 aliphatic carbocycles. The number of hydrogen-bond acceptors (Lipinski definition) is 6. The van der Waals surface area contributed by atoms with Gasteiger partial charge in [0.25, 0.3) is 0 Å². The number of carboxylic acid groups (broad SMARTS) is 1. The largest absolute Gasteiger partial charge is 0.492 e. The van der Waals surface area contributed by atoms with Crippen LogP contribution in [0.2, 0.25) is 0 Å². The van der Waals surface area contributed by atoms with E-state index in [2.05, 4.69) is 15.9 Å². The number of carboxylic acids is 1. The van der Waals surface area contributed by atoms with Crippen LogP contribution in [0.4, 0.5) is 9.18 Å². The molecule has 214 valence electrons. The van der Waals surface area contributed by atoms with Crippen LogP contribution in [0.5, 0.6) is 11.5 Å². The minimum absolute atomic E-state index is 0.224. The number of ether oxygens (including phenoxy) is 4. The van der Waals surface area contributed by atoms with Crippen LogP contribution in [-0.2, 0) is 27.3 Å². The van der Waals surface area contributed by atoms with Gasteiger partial charge >= 0.3 is 12.1 Å². The number of nitrogens with zero attached hydrogens (tertiary/aromatic N) is 1. The summed E-state index contributed by atoms with van der Waals surface area (Å²) in [6.45, 7) is 3.71. The first kappa shape index (κ1) is 31.1. The Kier molecular flexibility index (Phi) is 12.9. The molecule has 0 heterocycles. The summed E-state index contributed by atoms with van der Waals surface area (Å²) >= 11 is 3.36. The van der Waals surface area contributed by atoms with Gasteiger partial charge in [0.15, 0.2) is 6.10 Å². The predicted octanol–water partition coefficient (Wildman–Crippen LogP) is 6.11. The average Bonchev–Trinajstić information content (AvgIpc) is 2.94. The van der Waals surface area contributed by atoms with Crippen molar-refractivity contribution < 1.29 is 38.0 Å². The van der Waals surface area contributed by atoms with Gasteiger partial charge in [0.05, 0.1) is 13.2 Å². The highest BCUT2D eigenvalue weighted by molar-refractivity contribution is 9.10. The van der Waals surface area contributed by atoms with E-state index in [4.69, 9.17) is 18.9 Å². The van der Waals surface area contributed by atoms with Gasteiger partial charge in [0, 0.05) is 30.7 Å². The second-order valence-electron chi connectivity index (χ2n) is 8.82. The number of carbonyl (C=O) groups excluding carboxylic acids is 1. The first-order valence-corrected chi connectivity index (χ1v) is 13.7. The zero-order valence-corrected chi connectivity index (χ0v) is 23.8. The van der Waals surface area contributed by atoms with Crippen molar-refractivity contribution in [2.45, 2.75) is 32.5 Å². The molecule has 3 aromatic rings. The summed E-state index contributed by atoms with van der Waals surface area (Å²) in [7, 11) is 0. The highest BCUT2D eigenvalue weighted by Gasteiger charge is 2.18. The number of aliphatic carboxylic acids is 1. The molecule has 3 rings (SSSR count). The van der Waals surface area contributed by atoms with E-state index in [1.807, 2.05) is 0 Å². The smallest absolute Gasteiger partial charge is 0.415 e. The maximum absolute atomic E-state index is 13.1. The SMILES string of the molecule is CCOC(Cc1ccc(OCCN(CCCOCc2ccc(F)cc2)C(=O)Oc2ccc(Br)cc2)cc1)C(=O)O. The Morgan fingerprint density at radius 3 is 2.20 bits per heavy atom. The van der Waals surface area contributed by atoms with Crippen LogP contribution >= 0.6 is 15.9 Å². The number of rotatable bonds is 16. The van der Waals surface area contributed by atoms with Gasteiger partial charge in [-0.2, -0.15) is 0 Å². The van der Waals surface area contributed by atoms with Crippen molar-refractivity contribution in [2.75, 3.05) is 32.9 Å². The Hall–Kier alpha value is -3.47. The Bertz CT molecular complexity index is 1190. The van der Waals surface area contributed by atoms with E-state index < -0.39 is 18.2 Å². The summed E-state index contributed by atoms with van der Waals surface area (Å²) in [5.41, 5.74) is 1.68. The third kappa shape index (κ3) is 11.0. The molecule has 3 aromatic carbocycles. The summed E-state index contributed by atoms with van der Waals surface area (Å²) in [6.07, 6.45) is -0.588. The fourth-order valence-corrected chi connectivity index (χ4v) is 3.98. The van der Waals surface area contributed by atoms with E-state index in [1.165, 1.54) is 12.1 Å². The molecule has 1 atom stereocenters. The lowest BCUT2D eigenvalue weighted by Gasteiger charge is -2.22. The van der Waals surface area contributed by atoms with E-state index in [1.54, 1.807) is 72.5 Å². The third-order valence-electron chi connectivity index (χ3n) is 5.79. The highest BCUT2D eigenvalue weighted by atomic mass is 79.9. The molecule has 0 spiro atoms. The lowest BCUT2D eigenvalue weighted by Crippen LogP contribution is -2.38. The number of benzene rings is 3. The molecule has 0 bridgehead atoms. The first-order chi connectivity index (χ1) is 19.3. The lowest BCUT2D eigenvalue weighted by molar-refractivity contribution is -0.149. The summed E-state index contributed by atoms with van der Waals surface area (Å²) in [5.74, 6) is -0.279. The first-order valence-electron chi connectivity index (χ1n) is 12.9. The van der Waals surface area contributed by atoms with E-state index >= 15 is 0 Å². The fourth-order valence-electron chi connectivity index (χ4n) is 3.72. The second-order valence-corrected chi connectivity index (χ2v) is 9.74. The maximum atomic E-state index is 13.1. The van der Waals surface area contributed by atoms with E-state index in [-0.39, 0.29) is 25.4 Å². The zero-order chi connectivity index (χ0) is 28.7. The van der Waals surface area contributed by atoms with Crippen LogP contribution in [0.15, 0.2) is 77.3 Å². The summed E-state index contributed by atoms with van der Waals surface area (Å²) in [6, 6.07) is 20.2. The lowest BCUT2D eigenvalue weighted by atomic mass is 10.1. The molecule has 0 radical (unpaired) electrons. The number of hydrogen-bond donors (Lipinski definition) is 1. The predicted molar refractivity (Wildman–Crippen MR) is 151 cm³/mol. The molecular formula is C30H33BrFNO7. The average molecular weight is 618 g/mol. The monoisotopic (exact) mass is 617 g/mol.